The second kappa shape index (κ2) is 7.06. The lowest BCUT2D eigenvalue weighted by Gasteiger charge is -2.12. The third-order valence-corrected chi connectivity index (χ3v) is 3.13. The van der Waals surface area contributed by atoms with E-state index < -0.39 is 0 Å². The summed E-state index contributed by atoms with van der Waals surface area (Å²) in [5.41, 5.74) is 4.84. The number of nitrogens with one attached hydrogen (secondary N) is 1. The summed E-state index contributed by atoms with van der Waals surface area (Å²) in [4.78, 5) is 4.30. The van der Waals surface area contributed by atoms with E-state index in [-0.39, 0.29) is 0 Å². The first-order valence-corrected chi connectivity index (χ1v) is 7.07. The Morgan fingerprint density at radius 3 is 2.80 bits per heavy atom. The minimum absolute atomic E-state index is 0.725. The fraction of sp³-hybridized carbons (Fsp3) is 0.353. The van der Waals surface area contributed by atoms with E-state index >= 15 is 0 Å². The molecule has 20 heavy (non-hydrogen) atoms. The van der Waals surface area contributed by atoms with E-state index in [1.807, 2.05) is 13.2 Å². The first-order chi connectivity index (χ1) is 9.74. The van der Waals surface area contributed by atoms with Gasteiger partial charge in [-0.25, -0.2) is 0 Å². The average Bonchev–Trinajstić information content (AvgIpc) is 2.47. The highest BCUT2D eigenvalue weighted by atomic mass is 16.5. The van der Waals surface area contributed by atoms with Gasteiger partial charge < -0.3 is 10.1 Å². The Morgan fingerprint density at radius 2 is 2.05 bits per heavy atom. The number of benzene rings is 1. The molecule has 0 radical (unpaired) electrons. The summed E-state index contributed by atoms with van der Waals surface area (Å²) < 4.78 is 5.67. The third-order valence-electron chi connectivity index (χ3n) is 3.13. The molecular weight excluding hydrogens is 248 g/mol. The molecule has 1 aromatic carbocycles. The first kappa shape index (κ1) is 14.5. The predicted molar refractivity (Wildman–Crippen MR) is 83.0 cm³/mol. The van der Waals surface area contributed by atoms with Crippen molar-refractivity contribution < 1.29 is 4.74 Å². The van der Waals surface area contributed by atoms with Gasteiger partial charge in [0.1, 0.15) is 5.75 Å². The van der Waals surface area contributed by atoms with Crippen LogP contribution < -0.4 is 10.1 Å². The molecular formula is C17H22N2O. The second-order valence-electron chi connectivity index (χ2n) is 4.95. The van der Waals surface area contributed by atoms with Crippen LogP contribution in [0.1, 0.15) is 24.5 Å². The highest BCUT2D eigenvalue weighted by Crippen LogP contribution is 2.27. The number of hydrogen-bond acceptors (Lipinski definition) is 3. The number of aryl methyl sites for hydroxylation is 1. The molecule has 106 valence electrons. The Hall–Kier alpha value is -1.87. The fourth-order valence-electron chi connectivity index (χ4n) is 2.17. The van der Waals surface area contributed by atoms with E-state index in [0.29, 0.717) is 0 Å². The quantitative estimate of drug-likeness (QED) is 0.871. The molecule has 0 spiro atoms. The lowest BCUT2D eigenvalue weighted by Crippen LogP contribution is -2.06. The van der Waals surface area contributed by atoms with Crippen molar-refractivity contribution in [3.05, 3.63) is 47.8 Å². The number of hydrogen-bond donors (Lipinski definition) is 1. The summed E-state index contributed by atoms with van der Waals surface area (Å²) in [5, 5.41) is 3.21. The van der Waals surface area contributed by atoms with Gasteiger partial charge in [-0.3, -0.25) is 4.98 Å². The molecule has 0 aliphatic carbocycles. The van der Waals surface area contributed by atoms with Gasteiger partial charge >= 0.3 is 0 Å². The van der Waals surface area contributed by atoms with Gasteiger partial charge in [-0.15, -0.1) is 0 Å². The minimum Gasteiger partial charge on any atom is -0.492 e. The second-order valence-corrected chi connectivity index (χ2v) is 4.95. The van der Waals surface area contributed by atoms with E-state index in [9.17, 15) is 0 Å². The fourth-order valence-corrected chi connectivity index (χ4v) is 2.17. The van der Waals surface area contributed by atoms with E-state index in [0.717, 1.165) is 30.9 Å². The SMILES string of the molecule is CCCOc1cncc(-c2cc(C)ccc2CNC)c1. The molecule has 0 saturated carbocycles. The molecule has 0 unspecified atom stereocenters. The molecule has 0 fully saturated rings. The summed E-state index contributed by atoms with van der Waals surface area (Å²) in [6.45, 7) is 5.78. The molecule has 0 bridgehead atoms. The average molecular weight is 270 g/mol. The highest BCUT2D eigenvalue weighted by Gasteiger charge is 2.07. The van der Waals surface area contributed by atoms with Gasteiger partial charge in [0.15, 0.2) is 0 Å². The molecule has 1 aromatic heterocycles. The Balaban J connectivity index is 2.37. The van der Waals surface area contributed by atoms with Crippen molar-refractivity contribution in [1.82, 2.24) is 10.3 Å². The maximum Gasteiger partial charge on any atom is 0.138 e. The van der Waals surface area contributed by atoms with Crippen molar-refractivity contribution in [3.63, 3.8) is 0 Å². The van der Waals surface area contributed by atoms with Crippen LogP contribution in [0.2, 0.25) is 0 Å². The van der Waals surface area contributed by atoms with Crippen LogP contribution in [0, 0.1) is 6.92 Å². The van der Waals surface area contributed by atoms with Crippen LogP contribution in [0.3, 0.4) is 0 Å². The molecule has 0 aliphatic rings. The molecule has 2 rings (SSSR count). The normalized spacial score (nSPS) is 10.6. The molecule has 1 N–H and O–H groups in total. The molecule has 3 nitrogen and oxygen atoms in total. The first-order valence-electron chi connectivity index (χ1n) is 7.07. The number of ether oxygens (including phenoxy) is 1. The molecule has 0 aliphatic heterocycles. The van der Waals surface area contributed by atoms with Gasteiger partial charge in [0.2, 0.25) is 0 Å². The zero-order valence-corrected chi connectivity index (χ0v) is 12.4. The Morgan fingerprint density at radius 1 is 1.20 bits per heavy atom. The molecule has 0 atom stereocenters. The Bertz CT molecular complexity index is 567. The van der Waals surface area contributed by atoms with Gasteiger partial charge in [0.25, 0.3) is 0 Å². The molecule has 0 saturated heterocycles. The summed E-state index contributed by atoms with van der Waals surface area (Å²) >= 11 is 0. The molecule has 3 heteroatoms. The summed E-state index contributed by atoms with van der Waals surface area (Å²) in [6, 6.07) is 8.58. The van der Waals surface area contributed by atoms with Crippen LogP contribution >= 0.6 is 0 Å². The van der Waals surface area contributed by atoms with E-state index in [1.165, 1.54) is 16.7 Å². The molecule has 1 heterocycles. The third kappa shape index (κ3) is 3.58. The standard InChI is InChI=1S/C17H22N2O/c1-4-7-20-16-9-15(11-19-12-16)17-8-13(2)5-6-14(17)10-18-3/h5-6,8-9,11-12,18H,4,7,10H2,1-3H3. The number of aromatic nitrogens is 1. The summed E-state index contributed by atoms with van der Waals surface area (Å²) in [6.07, 6.45) is 4.67. The van der Waals surface area contributed by atoms with Gasteiger partial charge in [0.05, 0.1) is 12.8 Å². The topological polar surface area (TPSA) is 34.1 Å². The lowest BCUT2D eigenvalue weighted by atomic mass is 9.98. The van der Waals surface area contributed by atoms with Gasteiger partial charge in [0, 0.05) is 18.3 Å². The summed E-state index contributed by atoms with van der Waals surface area (Å²) in [5.74, 6) is 0.835. The van der Waals surface area contributed by atoms with Gasteiger partial charge in [-0.2, -0.15) is 0 Å². The van der Waals surface area contributed by atoms with Crippen LogP contribution in [-0.2, 0) is 6.54 Å². The van der Waals surface area contributed by atoms with E-state index in [2.05, 4.69) is 48.4 Å². The zero-order valence-electron chi connectivity index (χ0n) is 12.4. The van der Waals surface area contributed by atoms with Crippen LogP contribution in [0.4, 0.5) is 0 Å². The molecule has 2 aromatic rings. The lowest BCUT2D eigenvalue weighted by molar-refractivity contribution is 0.316. The van der Waals surface area contributed by atoms with Crippen molar-refractivity contribution in [2.75, 3.05) is 13.7 Å². The maximum atomic E-state index is 5.67. The van der Waals surface area contributed by atoms with Crippen molar-refractivity contribution in [3.8, 4) is 16.9 Å². The van der Waals surface area contributed by atoms with Crippen LogP contribution in [0.25, 0.3) is 11.1 Å². The number of pyridine rings is 1. The van der Waals surface area contributed by atoms with Crippen LogP contribution in [0.5, 0.6) is 5.75 Å². The Kier molecular flexibility index (Phi) is 5.13. The smallest absolute Gasteiger partial charge is 0.138 e. The number of nitrogens with zero attached hydrogens (tertiary/aromatic N) is 1. The highest BCUT2D eigenvalue weighted by molar-refractivity contribution is 5.68. The van der Waals surface area contributed by atoms with E-state index in [1.54, 1.807) is 6.20 Å². The predicted octanol–water partition coefficient (Wildman–Crippen LogP) is 3.57. The van der Waals surface area contributed by atoms with Crippen molar-refractivity contribution >= 4 is 0 Å². The summed E-state index contributed by atoms with van der Waals surface area (Å²) in [7, 11) is 1.96. The number of rotatable bonds is 6. The largest absolute Gasteiger partial charge is 0.492 e. The Labute approximate surface area is 121 Å². The van der Waals surface area contributed by atoms with Crippen molar-refractivity contribution in [1.29, 1.82) is 0 Å². The minimum atomic E-state index is 0.725. The maximum absolute atomic E-state index is 5.67. The zero-order chi connectivity index (χ0) is 14.4. The molecule has 0 amide bonds. The van der Waals surface area contributed by atoms with Crippen LogP contribution in [0.15, 0.2) is 36.7 Å². The van der Waals surface area contributed by atoms with Crippen molar-refractivity contribution in [2.45, 2.75) is 26.8 Å². The van der Waals surface area contributed by atoms with Crippen LogP contribution in [-0.4, -0.2) is 18.6 Å². The van der Waals surface area contributed by atoms with Gasteiger partial charge in [-0.1, -0.05) is 30.7 Å². The van der Waals surface area contributed by atoms with E-state index in [4.69, 9.17) is 4.74 Å². The van der Waals surface area contributed by atoms with Crippen molar-refractivity contribution in [2.24, 2.45) is 0 Å². The van der Waals surface area contributed by atoms with Gasteiger partial charge in [-0.05, 0) is 37.6 Å². The monoisotopic (exact) mass is 270 g/mol.